The zero-order valence-electron chi connectivity index (χ0n) is 7.67. The minimum Gasteiger partial charge on any atom is -0.395 e. The number of carbonyl (C=O) groups excluding carboxylic acids is 1. The molecule has 0 aliphatic carbocycles. The molecule has 0 radical (unpaired) electrons. The van der Waals surface area contributed by atoms with Gasteiger partial charge in [0.2, 0.25) is 5.91 Å². The molecule has 12 heavy (non-hydrogen) atoms. The Kier molecular flexibility index (Phi) is 6.70. The van der Waals surface area contributed by atoms with Gasteiger partial charge in [-0.3, -0.25) is 4.79 Å². The lowest BCUT2D eigenvalue weighted by Crippen LogP contribution is -2.30. The predicted octanol–water partition coefficient (Wildman–Crippen LogP) is -0.233. The third kappa shape index (κ3) is 7.50. The van der Waals surface area contributed by atoms with Gasteiger partial charge < -0.3 is 15.2 Å². The first-order chi connectivity index (χ1) is 5.66. The van der Waals surface area contributed by atoms with Crippen LogP contribution in [0, 0.1) is 5.92 Å². The summed E-state index contributed by atoms with van der Waals surface area (Å²) in [6, 6.07) is 0. The average Bonchev–Trinajstić information content (AvgIpc) is 2.00. The van der Waals surface area contributed by atoms with Crippen LogP contribution in [0.25, 0.3) is 0 Å². The predicted molar refractivity (Wildman–Crippen MR) is 45.8 cm³/mol. The molecule has 0 aromatic rings. The number of nitrogens with one attached hydrogen (secondary N) is 1. The van der Waals surface area contributed by atoms with Crippen molar-refractivity contribution in [2.24, 2.45) is 5.92 Å². The summed E-state index contributed by atoms with van der Waals surface area (Å²) in [4.78, 5) is 10.8. The summed E-state index contributed by atoms with van der Waals surface area (Å²) in [5.74, 6) is 0.264. The van der Waals surface area contributed by atoms with Crippen LogP contribution in [0.4, 0.5) is 0 Å². The second kappa shape index (κ2) is 7.06. The molecule has 4 nitrogen and oxygen atoms in total. The maximum atomic E-state index is 10.8. The number of aliphatic hydroxyl groups excluding tert-OH is 1. The standard InChI is InChI=1S/C8H17NO3/c1-7(2)5-12-6-8(11)9-3-4-10/h7,10H,3-6H2,1-2H3,(H,9,11). The second-order valence-electron chi connectivity index (χ2n) is 2.98. The van der Waals surface area contributed by atoms with Gasteiger partial charge >= 0.3 is 0 Å². The van der Waals surface area contributed by atoms with E-state index in [4.69, 9.17) is 9.84 Å². The molecule has 1 amide bonds. The van der Waals surface area contributed by atoms with Crippen molar-refractivity contribution in [2.45, 2.75) is 13.8 Å². The number of rotatable bonds is 6. The monoisotopic (exact) mass is 175 g/mol. The van der Waals surface area contributed by atoms with Crippen LogP contribution in [0.2, 0.25) is 0 Å². The first kappa shape index (κ1) is 11.4. The molecule has 0 aromatic carbocycles. The molecule has 0 saturated heterocycles. The molecule has 0 aromatic heterocycles. The average molecular weight is 175 g/mol. The normalized spacial score (nSPS) is 10.3. The summed E-state index contributed by atoms with van der Waals surface area (Å²) in [6.07, 6.45) is 0. The van der Waals surface area contributed by atoms with Gasteiger partial charge in [-0.1, -0.05) is 13.8 Å². The van der Waals surface area contributed by atoms with Gasteiger partial charge in [-0.05, 0) is 5.92 Å². The Balaban J connectivity index is 3.20. The van der Waals surface area contributed by atoms with Gasteiger partial charge in [0.25, 0.3) is 0 Å². The van der Waals surface area contributed by atoms with Crippen molar-refractivity contribution < 1.29 is 14.6 Å². The minimum absolute atomic E-state index is 0.0318. The molecule has 0 saturated carbocycles. The Morgan fingerprint density at radius 3 is 2.75 bits per heavy atom. The maximum absolute atomic E-state index is 10.8. The molecule has 0 spiro atoms. The molecule has 0 aliphatic heterocycles. The summed E-state index contributed by atoms with van der Waals surface area (Å²) in [5.41, 5.74) is 0. The first-order valence-electron chi connectivity index (χ1n) is 4.12. The summed E-state index contributed by atoms with van der Waals surface area (Å²) in [5, 5.41) is 10.9. The lowest BCUT2D eigenvalue weighted by Gasteiger charge is -2.06. The van der Waals surface area contributed by atoms with Crippen molar-refractivity contribution in [3.05, 3.63) is 0 Å². The van der Waals surface area contributed by atoms with E-state index in [-0.39, 0.29) is 19.1 Å². The van der Waals surface area contributed by atoms with Crippen molar-refractivity contribution >= 4 is 5.91 Å². The number of hydrogen-bond acceptors (Lipinski definition) is 3. The van der Waals surface area contributed by atoms with Crippen LogP contribution in [-0.4, -0.2) is 37.4 Å². The lowest BCUT2D eigenvalue weighted by atomic mass is 10.2. The van der Waals surface area contributed by atoms with E-state index in [1.807, 2.05) is 13.8 Å². The number of carbonyl (C=O) groups is 1. The molecule has 0 aliphatic rings. The molecule has 0 heterocycles. The van der Waals surface area contributed by atoms with Gasteiger partial charge in [0, 0.05) is 13.2 Å². The third-order valence-corrected chi connectivity index (χ3v) is 1.12. The van der Waals surface area contributed by atoms with Crippen molar-refractivity contribution in [2.75, 3.05) is 26.4 Å². The van der Waals surface area contributed by atoms with Crippen molar-refractivity contribution in [1.29, 1.82) is 0 Å². The number of amides is 1. The van der Waals surface area contributed by atoms with E-state index < -0.39 is 0 Å². The Labute approximate surface area is 72.9 Å². The largest absolute Gasteiger partial charge is 0.395 e. The number of hydrogen-bond donors (Lipinski definition) is 2. The van der Waals surface area contributed by atoms with Gasteiger partial charge in [0.05, 0.1) is 6.61 Å². The Hall–Kier alpha value is -0.610. The maximum Gasteiger partial charge on any atom is 0.246 e. The molecule has 0 unspecified atom stereocenters. The quantitative estimate of drug-likeness (QED) is 0.586. The Bertz CT molecular complexity index is 125. The van der Waals surface area contributed by atoms with Gasteiger partial charge in [-0.25, -0.2) is 0 Å². The highest BCUT2D eigenvalue weighted by Gasteiger charge is 2.00. The van der Waals surface area contributed by atoms with E-state index in [0.717, 1.165) is 0 Å². The third-order valence-electron chi connectivity index (χ3n) is 1.12. The summed E-state index contributed by atoms with van der Waals surface area (Å²) < 4.78 is 5.06. The molecule has 2 N–H and O–H groups in total. The highest BCUT2D eigenvalue weighted by atomic mass is 16.5. The van der Waals surface area contributed by atoms with Gasteiger partial charge in [-0.2, -0.15) is 0 Å². The molecule has 4 heteroatoms. The lowest BCUT2D eigenvalue weighted by molar-refractivity contribution is -0.126. The fourth-order valence-corrected chi connectivity index (χ4v) is 0.634. The van der Waals surface area contributed by atoms with Crippen molar-refractivity contribution in [3.8, 4) is 0 Å². The molecule has 0 rings (SSSR count). The molecular formula is C8H17NO3. The van der Waals surface area contributed by atoms with Crippen LogP contribution in [0.15, 0.2) is 0 Å². The smallest absolute Gasteiger partial charge is 0.246 e. The fraction of sp³-hybridized carbons (Fsp3) is 0.875. The molecule has 0 bridgehead atoms. The van der Waals surface area contributed by atoms with E-state index in [1.165, 1.54) is 0 Å². The van der Waals surface area contributed by atoms with E-state index in [2.05, 4.69) is 5.32 Å². The summed E-state index contributed by atoms with van der Waals surface area (Å²) >= 11 is 0. The Morgan fingerprint density at radius 2 is 2.25 bits per heavy atom. The minimum atomic E-state index is -0.176. The molecule has 72 valence electrons. The van der Waals surface area contributed by atoms with Gasteiger partial charge in [0.1, 0.15) is 6.61 Å². The van der Waals surface area contributed by atoms with Crippen LogP contribution < -0.4 is 5.32 Å². The van der Waals surface area contributed by atoms with Crippen LogP contribution in [-0.2, 0) is 9.53 Å². The SMILES string of the molecule is CC(C)COCC(=O)NCCO. The highest BCUT2D eigenvalue weighted by Crippen LogP contribution is 1.91. The van der Waals surface area contributed by atoms with Crippen molar-refractivity contribution in [1.82, 2.24) is 5.32 Å². The summed E-state index contributed by atoms with van der Waals surface area (Å²) in [7, 11) is 0. The van der Waals surface area contributed by atoms with E-state index in [0.29, 0.717) is 19.1 Å². The second-order valence-corrected chi connectivity index (χ2v) is 2.98. The zero-order valence-corrected chi connectivity index (χ0v) is 7.67. The van der Waals surface area contributed by atoms with Gasteiger partial charge in [0.15, 0.2) is 0 Å². The summed E-state index contributed by atoms with van der Waals surface area (Å²) in [6.45, 7) is 4.97. The highest BCUT2D eigenvalue weighted by molar-refractivity contribution is 5.77. The Morgan fingerprint density at radius 1 is 1.58 bits per heavy atom. The van der Waals surface area contributed by atoms with E-state index in [9.17, 15) is 4.79 Å². The zero-order chi connectivity index (χ0) is 9.40. The fourth-order valence-electron chi connectivity index (χ4n) is 0.634. The van der Waals surface area contributed by atoms with E-state index in [1.54, 1.807) is 0 Å². The van der Waals surface area contributed by atoms with Crippen LogP contribution in [0.1, 0.15) is 13.8 Å². The molecular weight excluding hydrogens is 158 g/mol. The topological polar surface area (TPSA) is 58.6 Å². The van der Waals surface area contributed by atoms with Crippen molar-refractivity contribution in [3.63, 3.8) is 0 Å². The van der Waals surface area contributed by atoms with Crippen LogP contribution >= 0.6 is 0 Å². The number of ether oxygens (including phenoxy) is 1. The van der Waals surface area contributed by atoms with E-state index >= 15 is 0 Å². The molecule has 0 fully saturated rings. The number of aliphatic hydroxyl groups is 1. The van der Waals surface area contributed by atoms with Crippen LogP contribution in [0.5, 0.6) is 0 Å². The van der Waals surface area contributed by atoms with Gasteiger partial charge in [-0.15, -0.1) is 0 Å². The van der Waals surface area contributed by atoms with Crippen LogP contribution in [0.3, 0.4) is 0 Å². The molecule has 0 atom stereocenters. The first-order valence-corrected chi connectivity index (χ1v) is 4.12.